The van der Waals surface area contributed by atoms with Crippen molar-refractivity contribution in [1.29, 1.82) is 0 Å². The van der Waals surface area contributed by atoms with Gasteiger partial charge in [-0.2, -0.15) is 0 Å². The SMILES string of the molecule is O=C(Cl)[C@@H]1C=CNN1. The van der Waals surface area contributed by atoms with Gasteiger partial charge in [0.05, 0.1) is 0 Å². The van der Waals surface area contributed by atoms with Gasteiger partial charge in [-0.25, -0.2) is 5.43 Å². The number of carbonyl (C=O) groups excluding carboxylic acids is 1. The van der Waals surface area contributed by atoms with Crippen LogP contribution in [0.5, 0.6) is 0 Å². The van der Waals surface area contributed by atoms with Crippen molar-refractivity contribution in [2.75, 3.05) is 0 Å². The molecule has 0 fully saturated rings. The van der Waals surface area contributed by atoms with E-state index in [2.05, 4.69) is 10.9 Å². The number of hydrogen-bond donors (Lipinski definition) is 2. The zero-order valence-corrected chi connectivity index (χ0v) is 4.77. The maximum Gasteiger partial charge on any atom is 0.244 e. The minimum absolute atomic E-state index is 0.350. The van der Waals surface area contributed by atoms with Crippen LogP contribution in [0.2, 0.25) is 0 Å². The Morgan fingerprint density at radius 3 is 2.75 bits per heavy atom. The van der Waals surface area contributed by atoms with Crippen molar-refractivity contribution >= 4 is 16.8 Å². The van der Waals surface area contributed by atoms with E-state index < -0.39 is 5.24 Å². The first-order valence-electron chi connectivity index (χ1n) is 2.18. The molecule has 4 heteroatoms. The summed E-state index contributed by atoms with van der Waals surface area (Å²) in [6.45, 7) is 0. The second-order valence-electron chi connectivity index (χ2n) is 1.43. The normalized spacial score (nSPS) is 25.4. The summed E-state index contributed by atoms with van der Waals surface area (Å²) in [5.74, 6) is 0. The molecule has 0 spiro atoms. The van der Waals surface area contributed by atoms with Gasteiger partial charge in [0.1, 0.15) is 6.04 Å². The van der Waals surface area contributed by atoms with Crippen molar-refractivity contribution in [2.45, 2.75) is 6.04 Å². The first kappa shape index (κ1) is 5.59. The predicted octanol–water partition coefficient (Wildman–Crippen LogP) is -0.258. The van der Waals surface area contributed by atoms with E-state index in [-0.39, 0.29) is 6.04 Å². The molecule has 0 unspecified atom stereocenters. The quantitative estimate of drug-likeness (QED) is 0.483. The topological polar surface area (TPSA) is 41.1 Å². The molecule has 44 valence electrons. The molecule has 0 bridgehead atoms. The van der Waals surface area contributed by atoms with Crippen LogP contribution in [0.25, 0.3) is 0 Å². The molecule has 0 aliphatic carbocycles. The van der Waals surface area contributed by atoms with Gasteiger partial charge in [0.2, 0.25) is 5.24 Å². The van der Waals surface area contributed by atoms with Crippen molar-refractivity contribution in [2.24, 2.45) is 0 Å². The summed E-state index contributed by atoms with van der Waals surface area (Å²) >= 11 is 5.09. The summed E-state index contributed by atoms with van der Waals surface area (Å²) in [5, 5.41) is -0.397. The molecule has 8 heavy (non-hydrogen) atoms. The van der Waals surface area contributed by atoms with Gasteiger partial charge in [-0.3, -0.25) is 4.79 Å². The molecular formula is C4H5ClN2O. The molecule has 3 nitrogen and oxygen atoms in total. The Morgan fingerprint density at radius 1 is 1.75 bits per heavy atom. The summed E-state index contributed by atoms with van der Waals surface area (Å²) in [6.07, 6.45) is 3.28. The zero-order chi connectivity index (χ0) is 5.98. The Morgan fingerprint density at radius 2 is 2.50 bits per heavy atom. The maximum absolute atomic E-state index is 10.3. The highest BCUT2D eigenvalue weighted by atomic mass is 35.5. The fourth-order valence-electron chi connectivity index (χ4n) is 0.463. The summed E-state index contributed by atoms with van der Waals surface area (Å²) in [4.78, 5) is 10.3. The van der Waals surface area contributed by atoms with E-state index in [0.717, 1.165) is 0 Å². The van der Waals surface area contributed by atoms with E-state index in [1.807, 2.05) is 0 Å². The Kier molecular flexibility index (Phi) is 1.50. The summed E-state index contributed by atoms with van der Waals surface area (Å²) in [5.41, 5.74) is 5.23. The van der Waals surface area contributed by atoms with E-state index in [0.29, 0.717) is 0 Å². The third-order valence-electron chi connectivity index (χ3n) is 0.855. The lowest BCUT2D eigenvalue weighted by Gasteiger charge is -1.99. The van der Waals surface area contributed by atoms with Gasteiger partial charge in [0, 0.05) is 6.20 Å². The molecule has 0 aromatic rings. The largest absolute Gasteiger partial charge is 0.328 e. The van der Waals surface area contributed by atoms with Gasteiger partial charge in [-0.05, 0) is 17.7 Å². The molecule has 0 aromatic heterocycles. The van der Waals surface area contributed by atoms with Gasteiger partial charge in [0.15, 0.2) is 0 Å². The molecule has 1 heterocycles. The van der Waals surface area contributed by atoms with E-state index in [1.165, 1.54) is 0 Å². The Balaban J connectivity index is 2.48. The van der Waals surface area contributed by atoms with Crippen molar-refractivity contribution < 1.29 is 4.79 Å². The summed E-state index contributed by atoms with van der Waals surface area (Å²) in [6, 6.07) is -0.350. The van der Waals surface area contributed by atoms with Crippen LogP contribution in [0.3, 0.4) is 0 Å². The molecule has 1 rings (SSSR count). The molecule has 1 aliphatic rings. The summed E-state index contributed by atoms with van der Waals surface area (Å²) in [7, 11) is 0. The molecule has 0 saturated heterocycles. The molecule has 2 N–H and O–H groups in total. The molecule has 1 atom stereocenters. The van der Waals surface area contributed by atoms with E-state index >= 15 is 0 Å². The monoisotopic (exact) mass is 132 g/mol. The van der Waals surface area contributed by atoms with Crippen LogP contribution in [0, 0.1) is 0 Å². The molecule has 0 radical (unpaired) electrons. The molecular weight excluding hydrogens is 128 g/mol. The first-order chi connectivity index (χ1) is 3.80. The van der Waals surface area contributed by atoms with E-state index in [4.69, 9.17) is 11.6 Å². The maximum atomic E-state index is 10.3. The lowest BCUT2D eigenvalue weighted by atomic mass is 10.4. The van der Waals surface area contributed by atoms with Gasteiger partial charge in [0.25, 0.3) is 0 Å². The van der Waals surface area contributed by atoms with Crippen LogP contribution in [0.4, 0.5) is 0 Å². The van der Waals surface area contributed by atoms with Crippen LogP contribution in [-0.2, 0) is 4.79 Å². The van der Waals surface area contributed by atoms with E-state index in [1.54, 1.807) is 12.3 Å². The third-order valence-corrected chi connectivity index (χ3v) is 1.09. The second kappa shape index (κ2) is 2.15. The molecule has 1 aliphatic heterocycles. The minimum Gasteiger partial charge on any atom is -0.328 e. The summed E-state index contributed by atoms with van der Waals surface area (Å²) < 4.78 is 0. The smallest absolute Gasteiger partial charge is 0.244 e. The molecule has 0 saturated carbocycles. The van der Waals surface area contributed by atoms with Crippen LogP contribution in [-0.4, -0.2) is 11.3 Å². The highest BCUT2D eigenvalue weighted by Crippen LogP contribution is 1.94. The van der Waals surface area contributed by atoms with Gasteiger partial charge >= 0.3 is 0 Å². The van der Waals surface area contributed by atoms with Crippen LogP contribution < -0.4 is 10.9 Å². The fraction of sp³-hybridized carbons (Fsp3) is 0.250. The van der Waals surface area contributed by atoms with Crippen LogP contribution >= 0.6 is 11.6 Å². The van der Waals surface area contributed by atoms with Crippen LogP contribution in [0.1, 0.15) is 0 Å². The second-order valence-corrected chi connectivity index (χ2v) is 1.80. The van der Waals surface area contributed by atoms with Gasteiger partial charge in [-0.15, -0.1) is 0 Å². The number of hydrazine groups is 1. The standard InChI is InChI=1S/C4H5ClN2O/c5-4(8)3-1-2-6-7-3/h1-3,6-7H/t3-/m0/s1. The number of carbonyl (C=O) groups is 1. The minimum atomic E-state index is -0.397. The third kappa shape index (κ3) is 0.993. The number of halogens is 1. The van der Waals surface area contributed by atoms with Gasteiger partial charge in [-0.1, -0.05) is 0 Å². The van der Waals surface area contributed by atoms with Crippen molar-refractivity contribution in [3.63, 3.8) is 0 Å². The average Bonchev–Trinajstić information content (AvgIpc) is 2.12. The fourth-order valence-corrected chi connectivity index (χ4v) is 0.590. The highest BCUT2D eigenvalue weighted by molar-refractivity contribution is 6.65. The van der Waals surface area contributed by atoms with Crippen molar-refractivity contribution in [3.05, 3.63) is 12.3 Å². The molecule has 0 amide bonds. The Labute approximate surface area is 51.7 Å². The average molecular weight is 133 g/mol. The number of rotatable bonds is 1. The Hall–Kier alpha value is -0.540. The van der Waals surface area contributed by atoms with Crippen molar-refractivity contribution in [1.82, 2.24) is 10.9 Å². The molecule has 0 aromatic carbocycles. The van der Waals surface area contributed by atoms with Crippen LogP contribution in [0.15, 0.2) is 12.3 Å². The highest BCUT2D eigenvalue weighted by Gasteiger charge is 2.13. The number of nitrogens with one attached hydrogen (secondary N) is 2. The van der Waals surface area contributed by atoms with Gasteiger partial charge < -0.3 is 5.43 Å². The lowest BCUT2D eigenvalue weighted by Crippen LogP contribution is -2.34. The van der Waals surface area contributed by atoms with Crippen molar-refractivity contribution in [3.8, 4) is 0 Å². The first-order valence-corrected chi connectivity index (χ1v) is 2.55. The van der Waals surface area contributed by atoms with E-state index in [9.17, 15) is 4.79 Å². The lowest BCUT2D eigenvalue weighted by molar-refractivity contribution is -0.112. The number of hydrogen-bond acceptors (Lipinski definition) is 3. The Bertz CT molecular complexity index is 134. The predicted molar refractivity (Wildman–Crippen MR) is 30.1 cm³/mol. The zero-order valence-electron chi connectivity index (χ0n) is 4.02.